The zero-order valence-electron chi connectivity index (χ0n) is 38.3. The Morgan fingerprint density at radius 3 is 0.875 bits per heavy atom. The van der Waals surface area contributed by atoms with Crippen molar-refractivity contribution in [2.75, 3.05) is 13.2 Å². The molecular formula is C50H96O6. The van der Waals surface area contributed by atoms with Gasteiger partial charge in [0.05, 0.1) is 0 Å². The fourth-order valence-electron chi connectivity index (χ4n) is 7.46. The van der Waals surface area contributed by atoms with E-state index in [0.29, 0.717) is 19.3 Å². The van der Waals surface area contributed by atoms with E-state index in [1.165, 1.54) is 154 Å². The average molecular weight is 793 g/mol. The van der Waals surface area contributed by atoms with E-state index in [1.807, 2.05) is 0 Å². The largest absolute Gasteiger partial charge is 0.462 e. The number of hydrogen-bond acceptors (Lipinski definition) is 6. The van der Waals surface area contributed by atoms with Crippen LogP contribution in [0.5, 0.6) is 0 Å². The van der Waals surface area contributed by atoms with Gasteiger partial charge in [-0.15, -0.1) is 0 Å². The maximum atomic E-state index is 12.6. The maximum Gasteiger partial charge on any atom is 0.306 e. The van der Waals surface area contributed by atoms with Gasteiger partial charge in [-0.2, -0.15) is 0 Å². The molecular weight excluding hydrogens is 697 g/mol. The molecule has 0 saturated heterocycles. The topological polar surface area (TPSA) is 78.9 Å². The normalized spacial score (nSPS) is 12.1. The van der Waals surface area contributed by atoms with Crippen molar-refractivity contribution in [3.05, 3.63) is 0 Å². The summed E-state index contributed by atoms with van der Waals surface area (Å²) in [7, 11) is 0. The van der Waals surface area contributed by atoms with E-state index in [-0.39, 0.29) is 31.1 Å². The van der Waals surface area contributed by atoms with Crippen LogP contribution in [0.2, 0.25) is 0 Å². The van der Waals surface area contributed by atoms with Crippen molar-refractivity contribution in [2.24, 2.45) is 11.8 Å². The second-order valence-corrected chi connectivity index (χ2v) is 18.1. The minimum Gasteiger partial charge on any atom is -0.462 e. The summed E-state index contributed by atoms with van der Waals surface area (Å²) in [5, 5.41) is 0. The monoisotopic (exact) mass is 793 g/mol. The fraction of sp³-hybridized carbons (Fsp3) is 0.940. The summed E-state index contributed by atoms with van der Waals surface area (Å²) in [5.41, 5.74) is 0. The first kappa shape index (κ1) is 54.4. The van der Waals surface area contributed by atoms with Crippen LogP contribution in [0.15, 0.2) is 0 Å². The number of esters is 3. The molecule has 332 valence electrons. The molecule has 0 spiro atoms. The second kappa shape index (κ2) is 43.0. The first-order valence-corrected chi connectivity index (χ1v) is 24.7. The lowest BCUT2D eigenvalue weighted by molar-refractivity contribution is -0.167. The van der Waals surface area contributed by atoms with Crippen molar-refractivity contribution in [2.45, 2.75) is 278 Å². The van der Waals surface area contributed by atoms with E-state index in [9.17, 15) is 14.4 Å². The minimum absolute atomic E-state index is 0.0654. The molecule has 0 aliphatic heterocycles. The van der Waals surface area contributed by atoms with E-state index < -0.39 is 6.10 Å². The minimum atomic E-state index is -0.759. The maximum absolute atomic E-state index is 12.6. The molecule has 0 aromatic heterocycles. The molecule has 0 N–H and O–H groups in total. The van der Waals surface area contributed by atoms with Gasteiger partial charge in [-0.3, -0.25) is 14.4 Å². The van der Waals surface area contributed by atoms with Gasteiger partial charge < -0.3 is 14.2 Å². The predicted molar refractivity (Wildman–Crippen MR) is 238 cm³/mol. The molecule has 0 aromatic carbocycles. The summed E-state index contributed by atoms with van der Waals surface area (Å²) >= 11 is 0. The van der Waals surface area contributed by atoms with Crippen LogP contribution in [0.3, 0.4) is 0 Å². The fourth-order valence-corrected chi connectivity index (χ4v) is 7.46. The van der Waals surface area contributed by atoms with Gasteiger partial charge in [0.1, 0.15) is 13.2 Å². The molecule has 0 rings (SSSR count). The van der Waals surface area contributed by atoms with Crippen LogP contribution in [0.25, 0.3) is 0 Å². The van der Waals surface area contributed by atoms with E-state index in [0.717, 1.165) is 76.0 Å². The number of carbonyl (C=O) groups excluding carboxylic acids is 3. The lowest BCUT2D eigenvalue weighted by Crippen LogP contribution is -2.30. The summed E-state index contributed by atoms with van der Waals surface area (Å²) in [4.78, 5) is 37.6. The Morgan fingerprint density at radius 1 is 0.339 bits per heavy atom. The van der Waals surface area contributed by atoms with Crippen LogP contribution >= 0.6 is 0 Å². The molecule has 0 radical (unpaired) electrons. The third-order valence-corrected chi connectivity index (χ3v) is 11.2. The first-order chi connectivity index (χ1) is 27.2. The van der Waals surface area contributed by atoms with Gasteiger partial charge in [-0.25, -0.2) is 0 Å². The molecule has 6 heteroatoms. The average Bonchev–Trinajstić information content (AvgIpc) is 3.16. The number of ether oxygens (including phenoxy) is 3. The SMILES string of the molecule is CCCCCCCC(=O)O[C@H](COC(=O)CCCCCCCCCCCCCCCCC(C)C)COC(=O)CCCCCCCCCCCCCCCC(C)C. The standard InChI is InChI=1S/C50H96O6/c1-6-7-8-28-37-42-50(53)56-47(44-55-49(52)41-36-32-27-23-19-15-11-13-17-21-25-30-34-39-46(4)5)43-54-48(51)40-35-31-26-22-18-14-10-9-12-16-20-24-29-33-38-45(2)3/h45-47H,6-44H2,1-5H3/t47-/m1/s1. The summed E-state index contributed by atoms with van der Waals surface area (Å²) in [6.45, 7) is 11.3. The molecule has 0 saturated carbocycles. The Kier molecular flexibility index (Phi) is 41.8. The summed E-state index contributed by atoms with van der Waals surface area (Å²) < 4.78 is 16.7. The lowest BCUT2D eigenvalue weighted by Gasteiger charge is -2.18. The van der Waals surface area contributed by atoms with Crippen LogP contribution in [0.4, 0.5) is 0 Å². The lowest BCUT2D eigenvalue weighted by atomic mass is 10.0. The zero-order chi connectivity index (χ0) is 41.2. The zero-order valence-corrected chi connectivity index (χ0v) is 38.3. The van der Waals surface area contributed by atoms with Crippen molar-refractivity contribution in [1.29, 1.82) is 0 Å². The quantitative estimate of drug-likeness (QED) is 0.0347. The molecule has 0 aromatic rings. The van der Waals surface area contributed by atoms with Gasteiger partial charge >= 0.3 is 17.9 Å². The highest BCUT2D eigenvalue weighted by Gasteiger charge is 2.19. The van der Waals surface area contributed by atoms with Crippen molar-refractivity contribution in [3.63, 3.8) is 0 Å². The first-order valence-electron chi connectivity index (χ1n) is 24.7. The molecule has 0 amide bonds. The second-order valence-electron chi connectivity index (χ2n) is 18.1. The van der Waals surface area contributed by atoms with Gasteiger partial charge in [0.25, 0.3) is 0 Å². The van der Waals surface area contributed by atoms with Crippen molar-refractivity contribution >= 4 is 17.9 Å². The molecule has 0 aliphatic carbocycles. The van der Waals surface area contributed by atoms with Gasteiger partial charge in [0.15, 0.2) is 6.10 Å². The molecule has 0 fully saturated rings. The van der Waals surface area contributed by atoms with E-state index >= 15 is 0 Å². The Labute approximate surface area is 348 Å². The highest BCUT2D eigenvalue weighted by Crippen LogP contribution is 2.17. The van der Waals surface area contributed by atoms with Crippen LogP contribution in [-0.4, -0.2) is 37.2 Å². The molecule has 56 heavy (non-hydrogen) atoms. The predicted octanol–water partition coefficient (Wildman–Crippen LogP) is 15.8. The van der Waals surface area contributed by atoms with Gasteiger partial charge in [0.2, 0.25) is 0 Å². The van der Waals surface area contributed by atoms with Crippen LogP contribution in [0.1, 0.15) is 272 Å². The van der Waals surface area contributed by atoms with Gasteiger partial charge in [-0.1, -0.05) is 234 Å². The highest BCUT2D eigenvalue weighted by atomic mass is 16.6. The third kappa shape index (κ3) is 43.5. The Hall–Kier alpha value is -1.59. The molecule has 1 atom stereocenters. The van der Waals surface area contributed by atoms with Gasteiger partial charge in [0, 0.05) is 19.3 Å². The number of carbonyl (C=O) groups is 3. The third-order valence-electron chi connectivity index (χ3n) is 11.2. The Morgan fingerprint density at radius 2 is 0.589 bits per heavy atom. The van der Waals surface area contributed by atoms with Crippen molar-refractivity contribution < 1.29 is 28.6 Å². The molecule has 0 unspecified atom stereocenters. The Bertz CT molecular complexity index is 854. The van der Waals surface area contributed by atoms with Crippen LogP contribution in [-0.2, 0) is 28.6 Å². The van der Waals surface area contributed by atoms with Gasteiger partial charge in [-0.05, 0) is 31.1 Å². The summed E-state index contributed by atoms with van der Waals surface area (Å²) in [6, 6.07) is 0. The van der Waals surface area contributed by atoms with Crippen molar-refractivity contribution in [3.8, 4) is 0 Å². The molecule has 0 heterocycles. The van der Waals surface area contributed by atoms with Crippen molar-refractivity contribution in [1.82, 2.24) is 0 Å². The molecule has 0 aliphatic rings. The van der Waals surface area contributed by atoms with E-state index in [4.69, 9.17) is 14.2 Å². The van der Waals surface area contributed by atoms with E-state index in [1.54, 1.807) is 0 Å². The molecule has 6 nitrogen and oxygen atoms in total. The molecule has 0 bridgehead atoms. The van der Waals surface area contributed by atoms with Crippen LogP contribution < -0.4 is 0 Å². The Balaban J connectivity index is 4.08. The van der Waals surface area contributed by atoms with E-state index in [2.05, 4.69) is 34.6 Å². The van der Waals surface area contributed by atoms with Crippen LogP contribution in [0, 0.1) is 11.8 Å². The number of rotatable bonds is 44. The smallest absolute Gasteiger partial charge is 0.306 e. The summed E-state index contributed by atoms with van der Waals surface area (Å²) in [5.74, 6) is 0.819. The number of hydrogen-bond donors (Lipinski definition) is 0. The highest BCUT2D eigenvalue weighted by molar-refractivity contribution is 5.71. The number of unbranched alkanes of at least 4 members (excludes halogenated alkanes) is 29. The summed E-state index contributed by atoms with van der Waals surface area (Å²) in [6.07, 6.45) is 42.7.